The van der Waals surface area contributed by atoms with E-state index in [-0.39, 0.29) is 6.10 Å². The molecule has 1 fully saturated rings. The van der Waals surface area contributed by atoms with Crippen LogP contribution >= 0.6 is 0 Å². The third-order valence-electron chi connectivity index (χ3n) is 3.35. The maximum absolute atomic E-state index is 5.95. The zero-order valence-electron chi connectivity index (χ0n) is 13.3. The summed E-state index contributed by atoms with van der Waals surface area (Å²) in [6.07, 6.45) is 0.144. The number of nitrogen functional groups attached to an aromatic ring is 1. The molecule has 0 bridgehead atoms. The fourth-order valence-electron chi connectivity index (χ4n) is 2.55. The molecule has 1 aliphatic heterocycles. The van der Waals surface area contributed by atoms with Crippen molar-refractivity contribution in [3.8, 4) is 5.75 Å². The first-order chi connectivity index (χ1) is 10.0. The summed E-state index contributed by atoms with van der Waals surface area (Å²) in [7, 11) is 0. The van der Waals surface area contributed by atoms with Gasteiger partial charge < -0.3 is 20.5 Å². The van der Waals surface area contributed by atoms with E-state index in [1.807, 2.05) is 32.0 Å². The topological polar surface area (TPSA) is 59.8 Å². The summed E-state index contributed by atoms with van der Waals surface area (Å²) in [5.41, 5.74) is 7.67. The molecule has 2 rings (SSSR count). The van der Waals surface area contributed by atoms with Gasteiger partial charge in [-0.15, -0.1) is 0 Å². The Kier molecular flexibility index (Phi) is 5.70. The molecule has 0 saturated carbocycles. The molecule has 3 N–H and O–H groups in total. The zero-order chi connectivity index (χ0) is 15.2. The van der Waals surface area contributed by atoms with Gasteiger partial charge in [0.15, 0.2) is 0 Å². The number of nitrogens with zero attached hydrogens (tertiary/aromatic N) is 1. The number of hydrogen-bond donors (Lipinski definition) is 2. The van der Waals surface area contributed by atoms with Crippen molar-refractivity contribution in [2.24, 2.45) is 0 Å². The number of ether oxygens (including phenoxy) is 2. The highest BCUT2D eigenvalue weighted by molar-refractivity contribution is 5.59. The SMILES string of the molecule is CC(CN1CCOCC1)Nc1cc(N)cc(OC(C)C)c1. The van der Waals surface area contributed by atoms with Crippen LogP contribution in [0.15, 0.2) is 18.2 Å². The fraction of sp³-hybridized carbons (Fsp3) is 0.625. The van der Waals surface area contributed by atoms with Gasteiger partial charge >= 0.3 is 0 Å². The summed E-state index contributed by atoms with van der Waals surface area (Å²) in [5.74, 6) is 0.811. The Bertz CT molecular complexity index is 445. The largest absolute Gasteiger partial charge is 0.491 e. The van der Waals surface area contributed by atoms with Crippen molar-refractivity contribution in [3.63, 3.8) is 0 Å². The molecule has 1 unspecified atom stereocenters. The lowest BCUT2D eigenvalue weighted by Crippen LogP contribution is -2.42. The molecule has 0 aliphatic carbocycles. The van der Waals surface area contributed by atoms with E-state index in [1.165, 1.54) is 0 Å². The van der Waals surface area contributed by atoms with Crippen LogP contribution in [0, 0.1) is 0 Å². The van der Waals surface area contributed by atoms with E-state index >= 15 is 0 Å². The first-order valence-corrected chi connectivity index (χ1v) is 7.67. The van der Waals surface area contributed by atoms with Gasteiger partial charge in [-0.3, -0.25) is 4.90 Å². The Hall–Kier alpha value is -1.46. The molecule has 5 nitrogen and oxygen atoms in total. The number of hydrogen-bond acceptors (Lipinski definition) is 5. The van der Waals surface area contributed by atoms with Crippen molar-refractivity contribution < 1.29 is 9.47 Å². The minimum absolute atomic E-state index is 0.144. The third-order valence-corrected chi connectivity index (χ3v) is 3.35. The maximum Gasteiger partial charge on any atom is 0.123 e. The highest BCUT2D eigenvalue weighted by Gasteiger charge is 2.14. The molecule has 1 heterocycles. The van der Waals surface area contributed by atoms with Crippen LogP contribution < -0.4 is 15.8 Å². The molecular weight excluding hydrogens is 266 g/mol. The Labute approximate surface area is 127 Å². The Balaban J connectivity index is 1.92. The van der Waals surface area contributed by atoms with Gasteiger partial charge in [0.25, 0.3) is 0 Å². The van der Waals surface area contributed by atoms with E-state index in [2.05, 4.69) is 17.1 Å². The van der Waals surface area contributed by atoms with E-state index in [9.17, 15) is 0 Å². The van der Waals surface area contributed by atoms with Crippen LogP contribution in [0.1, 0.15) is 20.8 Å². The maximum atomic E-state index is 5.95. The van der Waals surface area contributed by atoms with Crippen molar-refractivity contribution in [1.29, 1.82) is 0 Å². The van der Waals surface area contributed by atoms with Crippen LogP contribution in [-0.2, 0) is 4.74 Å². The minimum atomic E-state index is 0.144. The molecule has 1 saturated heterocycles. The number of nitrogens with two attached hydrogens (primary N) is 1. The second-order valence-electron chi connectivity index (χ2n) is 5.92. The summed E-state index contributed by atoms with van der Waals surface area (Å²) >= 11 is 0. The normalized spacial score (nSPS) is 17.7. The molecule has 0 amide bonds. The number of rotatable bonds is 6. The van der Waals surface area contributed by atoms with Crippen molar-refractivity contribution in [2.45, 2.75) is 32.9 Å². The number of nitrogens with one attached hydrogen (secondary N) is 1. The van der Waals surface area contributed by atoms with E-state index in [1.54, 1.807) is 0 Å². The van der Waals surface area contributed by atoms with E-state index in [0.717, 1.165) is 44.3 Å². The molecule has 0 aromatic heterocycles. The zero-order valence-corrected chi connectivity index (χ0v) is 13.3. The lowest BCUT2D eigenvalue weighted by molar-refractivity contribution is 0.0368. The summed E-state index contributed by atoms with van der Waals surface area (Å²) in [5, 5.41) is 3.50. The highest BCUT2D eigenvalue weighted by Crippen LogP contribution is 2.24. The van der Waals surface area contributed by atoms with Crippen LogP contribution in [0.5, 0.6) is 5.75 Å². The summed E-state index contributed by atoms with van der Waals surface area (Å²) < 4.78 is 11.1. The van der Waals surface area contributed by atoms with Gasteiger partial charge in [0.05, 0.1) is 19.3 Å². The molecule has 1 aliphatic rings. The van der Waals surface area contributed by atoms with Gasteiger partial charge in [-0.2, -0.15) is 0 Å². The molecule has 0 spiro atoms. The second-order valence-corrected chi connectivity index (χ2v) is 5.92. The first kappa shape index (κ1) is 15.9. The number of benzene rings is 1. The van der Waals surface area contributed by atoms with E-state index in [0.29, 0.717) is 11.7 Å². The Morgan fingerprint density at radius 1 is 1.24 bits per heavy atom. The van der Waals surface area contributed by atoms with Gasteiger partial charge in [0.2, 0.25) is 0 Å². The van der Waals surface area contributed by atoms with Crippen LogP contribution in [-0.4, -0.2) is 49.9 Å². The molecule has 5 heteroatoms. The van der Waals surface area contributed by atoms with Gasteiger partial charge in [-0.25, -0.2) is 0 Å². The van der Waals surface area contributed by atoms with Crippen molar-refractivity contribution >= 4 is 11.4 Å². The molecular formula is C16H27N3O2. The van der Waals surface area contributed by atoms with E-state index < -0.39 is 0 Å². The first-order valence-electron chi connectivity index (χ1n) is 7.67. The Morgan fingerprint density at radius 2 is 1.95 bits per heavy atom. The lowest BCUT2D eigenvalue weighted by atomic mass is 10.2. The van der Waals surface area contributed by atoms with Gasteiger partial charge in [-0.05, 0) is 26.8 Å². The third kappa shape index (κ3) is 5.44. The molecule has 1 aromatic rings. The summed E-state index contributed by atoms with van der Waals surface area (Å²) in [4.78, 5) is 2.42. The summed E-state index contributed by atoms with van der Waals surface area (Å²) in [6, 6.07) is 6.16. The predicted molar refractivity (Wildman–Crippen MR) is 87.0 cm³/mol. The van der Waals surface area contributed by atoms with Crippen LogP contribution in [0.2, 0.25) is 0 Å². The van der Waals surface area contributed by atoms with Gasteiger partial charge in [0, 0.05) is 49.2 Å². The van der Waals surface area contributed by atoms with Crippen molar-refractivity contribution in [3.05, 3.63) is 18.2 Å². The van der Waals surface area contributed by atoms with Crippen LogP contribution in [0.3, 0.4) is 0 Å². The summed E-state index contributed by atoms with van der Waals surface area (Å²) in [6.45, 7) is 10.9. The molecule has 118 valence electrons. The average Bonchev–Trinajstić information content (AvgIpc) is 2.37. The van der Waals surface area contributed by atoms with Crippen LogP contribution in [0.25, 0.3) is 0 Å². The predicted octanol–water partition coefficient (Wildman–Crippen LogP) is 2.19. The molecule has 1 atom stereocenters. The van der Waals surface area contributed by atoms with Crippen molar-refractivity contribution in [2.75, 3.05) is 43.9 Å². The molecule has 0 radical (unpaired) electrons. The monoisotopic (exact) mass is 293 g/mol. The smallest absolute Gasteiger partial charge is 0.123 e. The molecule has 21 heavy (non-hydrogen) atoms. The standard InChI is InChI=1S/C16H27N3O2/c1-12(2)21-16-9-14(17)8-15(10-16)18-13(3)11-19-4-6-20-7-5-19/h8-10,12-13,18H,4-7,11,17H2,1-3H3. The average molecular weight is 293 g/mol. The Morgan fingerprint density at radius 3 is 2.62 bits per heavy atom. The number of anilines is 2. The van der Waals surface area contributed by atoms with Crippen LogP contribution in [0.4, 0.5) is 11.4 Å². The fourth-order valence-corrected chi connectivity index (χ4v) is 2.55. The quantitative estimate of drug-likeness (QED) is 0.787. The van der Waals surface area contributed by atoms with Gasteiger partial charge in [-0.1, -0.05) is 0 Å². The van der Waals surface area contributed by atoms with Gasteiger partial charge in [0.1, 0.15) is 5.75 Å². The highest BCUT2D eigenvalue weighted by atomic mass is 16.5. The second kappa shape index (κ2) is 7.52. The lowest BCUT2D eigenvalue weighted by Gasteiger charge is -2.29. The molecule has 1 aromatic carbocycles. The van der Waals surface area contributed by atoms with Crippen molar-refractivity contribution in [1.82, 2.24) is 4.90 Å². The number of morpholine rings is 1. The minimum Gasteiger partial charge on any atom is -0.491 e. The van der Waals surface area contributed by atoms with E-state index in [4.69, 9.17) is 15.2 Å².